The summed E-state index contributed by atoms with van der Waals surface area (Å²) in [7, 11) is 3.97. The molecular formula is C15H22N4O2. The molecule has 0 radical (unpaired) electrons. The van der Waals surface area contributed by atoms with E-state index < -0.39 is 0 Å². The van der Waals surface area contributed by atoms with E-state index in [1.807, 2.05) is 30.0 Å². The van der Waals surface area contributed by atoms with Gasteiger partial charge in [-0.05, 0) is 33.0 Å². The van der Waals surface area contributed by atoms with Gasteiger partial charge in [0.15, 0.2) is 0 Å². The lowest BCUT2D eigenvalue weighted by Crippen LogP contribution is -2.41. The summed E-state index contributed by atoms with van der Waals surface area (Å²) in [5, 5.41) is 8.86. The number of likely N-dealkylation sites (N-methyl/N-ethyl adjacent to an activating group) is 1. The molecule has 114 valence electrons. The van der Waals surface area contributed by atoms with Gasteiger partial charge in [0.2, 0.25) is 0 Å². The van der Waals surface area contributed by atoms with Gasteiger partial charge in [-0.2, -0.15) is 5.26 Å². The standard InChI is InChI=1S/C15H22N4O2/c1-18(2)5-6-19(11-13-4-3-7-21-13)15(20)14-8-12(9-16)10-17-14/h8,10,13,17H,3-7,11H2,1-2H3. The molecule has 0 aliphatic carbocycles. The molecule has 0 spiro atoms. The van der Waals surface area contributed by atoms with Crippen LogP contribution in [-0.2, 0) is 4.74 Å². The molecule has 1 aromatic rings. The van der Waals surface area contributed by atoms with Gasteiger partial charge < -0.3 is 19.5 Å². The van der Waals surface area contributed by atoms with E-state index in [2.05, 4.69) is 4.98 Å². The second-order valence-corrected chi connectivity index (χ2v) is 5.60. The molecule has 1 aromatic heterocycles. The maximum absolute atomic E-state index is 12.6. The molecule has 0 saturated carbocycles. The van der Waals surface area contributed by atoms with Crippen molar-refractivity contribution in [3.63, 3.8) is 0 Å². The average Bonchev–Trinajstić information content (AvgIpc) is 3.13. The van der Waals surface area contributed by atoms with Gasteiger partial charge in [-0.15, -0.1) is 0 Å². The summed E-state index contributed by atoms with van der Waals surface area (Å²) in [6.07, 6.45) is 3.74. The SMILES string of the molecule is CN(C)CCN(CC1CCCO1)C(=O)c1cc(C#N)c[nH]1. The van der Waals surface area contributed by atoms with Crippen molar-refractivity contribution in [3.8, 4) is 6.07 Å². The minimum Gasteiger partial charge on any atom is -0.376 e. The van der Waals surface area contributed by atoms with Crippen LogP contribution in [0.2, 0.25) is 0 Å². The van der Waals surface area contributed by atoms with Crippen molar-refractivity contribution < 1.29 is 9.53 Å². The Morgan fingerprint density at radius 3 is 2.90 bits per heavy atom. The quantitative estimate of drug-likeness (QED) is 0.850. The lowest BCUT2D eigenvalue weighted by atomic mass is 10.2. The number of amides is 1. The summed E-state index contributed by atoms with van der Waals surface area (Å²) < 4.78 is 5.63. The third kappa shape index (κ3) is 4.31. The number of hydrogen-bond donors (Lipinski definition) is 1. The smallest absolute Gasteiger partial charge is 0.270 e. The Balaban J connectivity index is 2.05. The molecule has 6 heteroatoms. The maximum atomic E-state index is 12.6. The first-order valence-electron chi connectivity index (χ1n) is 7.24. The molecule has 2 rings (SSSR count). The predicted molar refractivity (Wildman–Crippen MR) is 78.9 cm³/mol. The molecule has 1 amide bonds. The second kappa shape index (κ2) is 7.25. The molecule has 6 nitrogen and oxygen atoms in total. The highest BCUT2D eigenvalue weighted by atomic mass is 16.5. The highest BCUT2D eigenvalue weighted by Gasteiger charge is 2.24. The maximum Gasteiger partial charge on any atom is 0.270 e. The van der Waals surface area contributed by atoms with Gasteiger partial charge in [0.05, 0.1) is 11.7 Å². The number of carbonyl (C=O) groups excluding carboxylic acids is 1. The van der Waals surface area contributed by atoms with E-state index in [0.717, 1.165) is 26.0 Å². The molecule has 0 aromatic carbocycles. The first-order valence-corrected chi connectivity index (χ1v) is 7.24. The molecule has 1 saturated heterocycles. The van der Waals surface area contributed by atoms with Crippen molar-refractivity contribution in [1.82, 2.24) is 14.8 Å². The predicted octanol–water partition coefficient (Wildman–Crippen LogP) is 1.07. The molecule has 1 unspecified atom stereocenters. The first kappa shape index (κ1) is 15.5. The summed E-state index contributed by atoms with van der Waals surface area (Å²) in [5.74, 6) is -0.0751. The number of carbonyl (C=O) groups is 1. The fourth-order valence-corrected chi connectivity index (χ4v) is 2.38. The van der Waals surface area contributed by atoms with Crippen molar-refractivity contribution in [2.75, 3.05) is 40.3 Å². The van der Waals surface area contributed by atoms with Crippen molar-refractivity contribution in [2.24, 2.45) is 0 Å². The summed E-state index contributed by atoms with van der Waals surface area (Å²) in [6, 6.07) is 3.63. The fraction of sp³-hybridized carbons (Fsp3) is 0.600. The Morgan fingerprint density at radius 2 is 2.33 bits per heavy atom. The largest absolute Gasteiger partial charge is 0.376 e. The van der Waals surface area contributed by atoms with E-state index in [1.54, 1.807) is 12.3 Å². The van der Waals surface area contributed by atoms with Crippen LogP contribution in [0.25, 0.3) is 0 Å². The summed E-state index contributed by atoms with van der Waals surface area (Å²) >= 11 is 0. The molecule has 1 atom stereocenters. The highest BCUT2D eigenvalue weighted by Crippen LogP contribution is 2.15. The van der Waals surface area contributed by atoms with Crippen molar-refractivity contribution >= 4 is 5.91 Å². The van der Waals surface area contributed by atoms with E-state index in [-0.39, 0.29) is 12.0 Å². The summed E-state index contributed by atoms with van der Waals surface area (Å²) in [6.45, 7) is 2.83. The molecule has 1 aliphatic heterocycles. The molecule has 2 heterocycles. The van der Waals surface area contributed by atoms with Crippen LogP contribution in [0, 0.1) is 11.3 Å². The molecule has 21 heavy (non-hydrogen) atoms. The van der Waals surface area contributed by atoms with Crippen LogP contribution in [-0.4, -0.2) is 67.1 Å². The van der Waals surface area contributed by atoms with Crippen LogP contribution in [0.4, 0.5) is 0 Å². The Bertz CT molecular complexity index is 512. The van der Waals surface area contributed by atoms with Crippen LogP contribution < -0.4 is 0 Å². The topological polar surface area (TPSA) is 72.4 Å². The number of nitriles is 1. The van der Waals surface area contributed by atoms with Crippen LogP contribution in [0.5, 0.6) is 0 Å². The molecule has 1 N–H and O–H groups in total. The zero-order valence-electron chi connectivity index (χ0n) is 12.6. The van der Waals surface area contributed by atoms with Gasteiger partial charge in [0.25, 0.3) is 5.91 Å². The Kier molecular flexibility index (Phi) is 5.37. The molecule has 1 aliphatic rings. The van der Waals surface area contributed by atoms with E-state index in [9.17, 15) is 4.79 Å². The highest BCUT2D eigenvalue weighted by molar-refractivity contribution is 5.92. The average molecular weight is 290 g/mol. The lowest BCUT2D eigenvalue weighted by Gasteiger charge is -2.26. The van der Waals surface area contributed by atoms with Crippen LogP contribution >= 0.6 is 0 Å². The van der Waals surface area contributed by atoms with Crippen LogP contribution in [0.15, 0.2) is 12.3 Å². The molecule has 1 fully saturated rings. The summed E-state index contributed by atoms with van der Waals surface area (Å²) in [4.78, 5) is 19.3. The zero-order chi connectivity index (χ0) is 15.2. The number of aromatic nitrogens is 1. The fourth-order valence-electron chi connectivity index (χ4n) is 2.38. The van der Waals surface area contributed by atoms with Crippen molar-refractivity contribution in [1.29, 1.82) is 5.26 Å². The van der Waals surface area contributed by atoms with E-state index in [0.29, 0.717) is 24.3 Å². The third-order valence-corrected chi connectivity index (χ3v) is 3.59. The van der Waals surface area contributed by atoms with Gasteiger partial charge >= 0.3 is 0 Å². The van der Waals surface area contributed by atoms with Gasteiger partial charge in [-0.1, -0.05) is 0 Å². The number of aromatic amines is 1. The van der Waals surface area contributed by atoms with Crippen molar-refractivity contribution in [2.45, 2.75) is 18.9 Å². The van der Waals surface area contributed by atoms with E-state index in [1.165, 1.54) is 0 Å². The normalized spacial score (nSPS) is 17.9. The number of H-pyrrole nitrogens is 1. The van der Waals surface area contributed by atoms with Crippen molar-refractivity contribution in [3.05, 3.63) is 23.5 Å². The van der Waals surface area contributed by atoms with Crippen LogP contribution in [0.3, 0.4) is 0 Å². The minimum atomic E-state index is -0.0751. The number of hydrogen-bond acceptors (Lipinski definition) is 4. The number of rotatable bonds is 6. The second-order valence-electron chi connectivity index (χ2n) is 5.60. The number of nitrogens with one attached hydrogen (secondary N) is 1. The Hall–Kier alpha value is -1.84. The van der Waals surface area contributed by atoms with Gasteiger partial charge in [-0.25, -0.2) is 0 Å². The van der Waals surface area contributed by atoms with E-state index in [4.69, 9.17) is 10.00 Å². The molecular weight excluding hydrogens is 268 g/mol. The Labute approximate surface area is 125 Å². The monoisotopic (exact) mass is 290 g/mol. The summed E-state index contributed by atoms with van der Waals surface area (Å²) in [5.41, 5.74) is 0.936. The van der Waals surface area contributed by atoms with Crippen LogP contribution in [0.1, 0.15) is 28.9 Å². The van der Waals surface area contributed by atoms with E-state index >= 15 is 0 Å². The molecule has 0 bridgehead atoms. The number of nitrogens with zero attached hydrogens (tertiary/aromatic N) is 3. The first-order chi connectivity index (χ1) is 10.1. The van der Waals surface area contributed by atoms with Gasteiger partial charge in [-0.3, -0.25) is 4.79 Å². The lowest BCUT2D eigenvalue weighted by molar-refractivity contribution is 0.0508. The zero-order valence-corrected chi connectivity index (χ0v) is 12.6. The third-order valence-electron chi connectivity index (χ3n) is 3.59. The number of ether oxygens (including phenoxy) is 1. The van der Waals surface area contributed by atoms with Gasteiger partial charge in [0.1, 0.15) is 11.8 Å². The van der Waals surface area contributed by atoms with Gasteiger partial charge in [0, 0.05) is 32.4 Å². The Morgan fingerprint density at radius 1 is 1.52 bits per heavy atom. The minimum absolute atomic E-state index is 0.0751.